The molecule has 0 radical (unpaired) electrons. The van der Waals surface area contributed by atoms with Crippen LogP contribution in [-0.2, 0) is 22.9 Å². The van der Waals surface area contributed by atoms with Gasteiger partial charge in [0.15, 0.2) is 9.84 Å². The molecule has 0 aromatic carbocycles. The Bertz CT molecular complexity index is 465. The summed E-state index contributed by atoms with van der Waals surface area (Å²) < 4.78 is 25.1. The molecule has 96 valence electrons. The smallest absolute Gasteiger partial charge is 0.151 e. The molecular weight excluding hydrogens is 236 g/mol. The second kappa shape index (κ2) is 5.23. The van der Waals surface area contributed by atoms with E-state index in [-0.39, 0.29) is 6.04 Å². The Morgan fingerprint density at radius 3 is 3.00 bits per heavy atom. The molecule has 0 saturated carbocycles. The second-order valence-corrected chi connectivity index (χ2v) is 6.91. The monoisotopic (exact) mass is 256 g/mol. The Hall–Kier alpha value is -0.810. The van der Waals surface area contributed by atoms with Gasteiger partial charge >= 0.3 is 0 Å². The zero-order chi connectivity index (χ0) is 12.3. The minimum atomic E-state index is -2.80. The molecule has 1 aliphatic heterocycles. The molecule has 1 atom stereocenters. The van der Waals surface area contributed by atoms with Gasteiger partial charge < -0.3 is 9.88 Å². The van der Waals surface area contributed by atoms with Crippen LogP contribution in [0, 0.1) is 0 Å². The van der Waals surface area contributed by atoms with Crippen molar-refractivity contribution in [3.63, 3.8) is 0 Å². The largest absolute Gasteiger partial charge is 0.354 e. The second-order valence-electron chi connectivity index (χ2n) is 4.68. The Kier molecular flexibility index (Phi) is 3.89. The summed E-state index contributed by atoms with van der Waals surface area (Å²) >= 11 is 0. The van der Waals surface area contributed by atoms with Crippen LogP contribution in [0.1, 0.15) is 25.3 Å². The fourth-order valence-corrected chi connectivity index (χ4v) is 3.91. The predicted octanol–water partition coefficient (Wildman–Crippen LogP) is 1.17. The van der Waals surface area contributed by atoms with E-state index >= 15 is 0 Å². The molecule has 1 aliphatic rings. The van der Waals surface area contributed by atoms with E-state index in [1.54, 1.807) is 0 Å². The van der Waals surface area contributed by atoms with Gasteiger partial charge in [0.2, 0.25) is 0 Å². The maximum atomic E-state index is 11.5. The lowest BCUT2D eigenvalue weighted by molar-refractivity contribution is 0.480. The zero-order valence-corrected chi connectivity index (χ0v) is 11.0. The van der Waals surface area contributed by atoms with Crippen molar-refractivity contribution in [3.05, 3.63) is 24.0 Å². The van der Waals surface area contributed by atoms with Crippen LogP contribution in [0.5, 0.6) is 0 Å². The van der Waals surface area contributed by atoms with E-state index in [1.165, 1.54) is 5.56 Å². The zero-order valence-electron chi connectivity index (χ0n) is 10.2. The van der Waals surface area contributed by atoms with Gasteiger partial charge in [0.1, 0.15) is 0 Å². The minimum absolute atomic E-state index is 0.124. The summed E-state index contributed by atoms with van der Waals surface area (Å²) in [7, 11) is -2.80. The Morgan fingerprint density at radius 2 is 2.35 bits per heavy atom. The van der Waals surface area contributed by atoms with Gasteiger partial charge in [0.05, 0.1) is 11.5 Å². The van der Waals surface area contributed by atoms with Gasteiger partial charge in [-0.2, -0.15) is 0 Å². The van der Waals surface area contributed by atoms with E-state index in [4.69, 9.17) is 0 Å². The number of sulfone groups is 1. The lowest BCUT2D eigenvalue weighted by Crippen LogP contribution is -2.39. The first-order valence-electron chi connectivity index (χ1n) is 6.17. The molecule has 1 saturated heterocycles. The van der Waals surface area contributed by atoms with Gasteiger partial charge in [-0.3, -0.25) is 0 Å². The van der Waals surface area contributed by atoms with Crippen molar-refractivity contribution in [1.82, 2.24) is 9.88 Å². The minimum Gasteiger partial charge on any atom is -0.354 e. The third-order valence-electron chi connectivity index (χ3n) is 3.23. The van der Waals surface area contributed by atoms with E-state index in [9.17, 15) is 8.42 Å². The molecule has 2 heterocycles. The molecule has 0 amide bonds. The number of nitrogens with one attached hydrogen (secondary N) is 1. The van der Waals surface area contributed by atoms with Crippen LogP contribution in [0.25, 0.3) is 0 Å². The molecule has 1 aromatic heterocycles. The molecule has 0 bridgehead atoms. The van der Waals surface area contributed by atoms with Crippen molar-refractivity contribution in [2.24, 2.45) is 0 Å². The van der Waals surface area contributed by atoms with Gasteiger partial charge in [-0.1, -0.05) is 0 Å². The fraction of sp³-hybridized carbons (Fsp3) is 0.667. The molecule has 17 heavy (non-hydrogen) atoms. The fourth-order valence-electron chi connectivity index (χ4n) is 2.24. The number of aryl methyl sites for hydroxylation is 1. The predicted molar refractivity (Wildman–Crippen MR) is 68.6 cm³/mol. The molecular formula is C12H20N2O2S. The van der Waals surface area contributed by atoms with Crippen molar-refractivity contribution in [2.45, 2.75) is 38.9 Å². The summed E-state index contributed by atoms with van der Waals surface area (Å²) in [4.78, 5) is 0. The van der Waals surface area contributed by atoms with Gasteiger partial charge in [-0.05, 0) is 31.4 Å². The summed E-state index contributed by atoms with van der Waals surface area (Å²) in [6, 6.07) is 2.20. The average Bonchev–Trinajstić information content (AvgIpc) is 2.73. The standard InChI is InChI=1S/C12H20N2O2S/c1-2-14-6-5-11(9-14)8-13-12-4-3-7-17(15,16)10-12/h5-6,9,12-13H,2-4,7-8,10H2,1H3. The summed E-state index contributed by atoms with van der Waals surface area (Å²) in [5, 5.41) is 3.34. The highest BCUT2D eigenvalue weighted by molar-refractivity contribution is 7.91. The first-order chi connectivity index (χ1) is 8.09. The first-order valence-corrected chi connectivity index (χ1v) is 7.99. The molecule has 2 rings (SSSR count). The van der Waals surface area contributed by atoms with Crippen LogP contribution >= 0.6 is 0 Å². The van der Waals surface area contributed by atoms with Crippen molar-refractivity contribution >= 4 is 9.84 Å². The number of rotatable bonds is 4. The molecule has 1 aromatic rings. The molecule has 1 unspecified atom stereocenters. The molecule has 0 spiro atoms. The van der Waals surface area contributed by atoms with Gasteiger partial charge in [-0.25, -0.2) is 8.42 Å². The summed E-state index contributed by atoms with van der Waals surface area (Å²) in [6.07, 6.45) is 5.91. The van der Waals surface area contributed by atoms with E-state index < -0.39 is 9.84 Å². The van der Waals surface area contributed by atoms with Crippen molar-refractivity contribution in [2.75, 3.05) is 11.5 Å². The van der Waals surface area contributed by atoms with Crippen LogP contribution in [0.2, 0.25) is 0 Å². The van der Waals surface area contributed by atoms with E-state index in [0.29, 0.717) is 11.5 Å². The van der Waals surface area contributed by atoms with Gasteiger partial charge in [0.25, 0.3) is 0 Å². The normalized spacial score (nSPS) is 23.7. The average molecular weight is 256 g/mol. The van der Waals surface area contributed by atoms with Crippen LogP contribution in [-0.4, -0.2) is 30.5 Å². The topological polar surface area (TPSA) is 51.1 Å². The van der Waals surface area contributed by atoms with Gasteiger partial charge in [0, 0.05) is 31.5 Å². The Labute approximate surface area is 103 Å². The lowest BCUT2D eigenvalue weighted by Gasteiger charge is -2.22. The SMILES string of the molecule is CCn1ccc(CNC2CCCS(=O)(=O)C2)c1. The maximum absolute atomic E-state index is 11.5. The van der Waals surface area contributed by atoms with E-state index in [1.807, 2.05) is 0 Å². The summed E-state index contributed by atoms with van der Waals surface area (Å²) in [5.74, 6) is 0.652. The van der Waals surface area contributed by atoms with Gasteiger partial charge in [-0.15, -0.1) is 0 Å². The summed E-state index contributed by atoms with van der Waals surface area (Å²) in [5.41, 5.74) is 1.22. The van der Waals surface area contributed by atoms with Crippen molar-refractivity contribution < 1.29 is 8.42 Å². The van der Waals surface area contributed by atoms with Crippen LogP contribution < -0.4 is 5.32 Å². The maximum Gasteiger partial charge on any atom is 0.151 e. The number of hydrogen-bond donors (Lipinski definition) is 1. The third-order valence-corrected chi connectivity index (χ3v) is 5.06. The third kappa shape index (κ3) is 3.57. The van der Waals surface area contributed by atoms with Crippen molar-refractivity contribution in [3.8, 4) is 0 Å². The molecule has 5 heteroatoms. The van der Waals surface area contributed by atoms with E-state index in [2.05, 4.69) is 35.3 Å². The van der Waals surface area contributed by atoms with E-state index in [0.717, 1.165) is 25.9 Å². The number of aromatic nitrogens is 1. The molecule has 1 N–H and O–H groups in total. The highest BCUT2D eigenvalue weighted by Gasteiger charge is 2.24. The Morgan fingerprint density at radius 1 is 1.53 bits per heavy atom. The Balaban J connectivity index is 1.85. The molecule has 4 nitrogen and oxygen atoms in total. The highest BCUT2D eigenvalue weighted by Crippen LogP contribution is 2.12. The highest BCUT2D eigenvalue weighted by atomic mass is 32.2. The number of nitrogens with zero attached hydrogens (tertiary/aromatic N) is 1. The van der Waals surface area contributed by atoms with Crippen LogP contribution in [0.4, 0.5) is 0 Å². The first kappa shape index (κ1) is 12.6. The molecule has 1 fully saturated rings. The van der Waals surface area contributed by atoms with Crippen LogP contribution in [0.15, 0.2) is 18.5 Å². The summed E-state index contributed by atoms with van der Waals surface area (Å²) in [6.45, 7) is 3.83. The molecule has 0 aliphatic carbocycles. The van der Waals surface area contributed by atoms with Crippen molar-refractivity contribution in [1.29, 1.82) is 0 Å². The number of hydrogen-bond acceptors (Lipinski definition) is 3. The lowest BCUT2D eigenvalue weighted by atomic mass is 10.2. The quantitative estimate of drug-likeness (QED) is 0.880. The van der Waals surface area contributed by atoms with Crippen LogP contribution in [0.3, 0.4) is 0 Å².